The van der Waals surface area contributed by atoms with Gasteiger partial charge in [0.05, 0.1) is 5.54 Å². The molecule has 0 radical (unpaired) electrons. The van der Waals surface area contributed by atoms with Crippen LogP contribution in [0.4, 0.5) is 0 Å². The first kappa shape index (κ1) is 21.0. The molecule has 2 saturated carbocycles. The van der Waals surface area contributed by atoms with E-state index in [9.17, 15) is 4.79 Å². The summed E-state index contributed by atoms with van der Waals surface area (Å²) in [6.45, 7) is 0.748. The second-order valence-corrected chi connectivity index (χ2v) is 6.73. The third-order valence-electron chi connectivity index (χ3n) is 5.26. The van der Waals surface area contributed by atoms with Crippen molar-refractivity contribution in [2.24, 2.45) is 5.73 Å². The standard InChI is InChI=1S/C15H29N3O.2ClH/c1-18(2)14(8-6-7-9-14)12-17-13(19)15(16)10-4-3-5-11-15;;/h3-12,16H2,1-2H3,(H,17,19);2*1H. The first-order chi connectivity index (χ1) is 8.99. The van der Waals surface area contributed by atoms with Gasteiger partial charge in [0.2, 0.25) is 5.91 Å². The lowest BCUT2D eigenvalue weighted by molar-refractivity contribution is -0.128. The van der Waals surface area contributed by atoms with Crippen molar-refractivity contribution in [2.45, 2.75) is 68.9 Å². The molecule has 2 aliphatic rings. The Bertz CT molecular complexity index is 325. The van der Waals surface area contributed by atoms with Crippen LogP contribution < -0.4 is 11.1 Å². The van der Waals surface area contributed by atoms with Crippen LogP contribution in [0.1, 0.15) is 57.8 Å². The molecule has 1 amide bonds. The lowest BCUT2D eigenvalue weighted by Crippen LogP contribution is -2.59. The quantitative estimate of drug-likeness (QED) is 0.827. The number of rotatable bonds is 4. The van der Waals surface area contributed by atoms with Crippen LogP contribution in [0.25, 0.3) is 0 Å². The van der Waals surface area contributed by atoms with Gasteiger partial charge < -0.3 is 16.0 Å². The van der Waals surface area contributed by atoms with E-state index in [1.54, 1.807) is 0 Å². The van der Waals surface area contributed by atoms with E-state index in [2.05, 4.69) is 24.3 Å². The van der Waals surface area contributed by atoms with Crippen LogP contribution in [0, 0.1) is 0 Å². The molecule has 0 saturated heterocycles. The molecular weight excluding hydrogens is 309 g/mol. The molecule has 0 aromatic rings. The molecule has 2 fully saturated rings. The summed E-state index contributed by atoms with van der Waals surface area (Å²) in [4.78, 5) is 14.7. The van der Waals surface area contributed by atoms with E-state index in [1.807, 2.05) is 0 Å². The van der Waals surface area contributed by atoms with Gasteiger partial charge in [0.25, 0.3) is 0 Å². The Balaban J connectivity index is 0.00000200. The molecule has 0 aromatic heterocycles. The van der Waals surface area contributed by atoms with Crippen molar-refractivity contribution in [3.05, 3.63) is 0 Å². The van der Waals surface area contributed by atoms with E-state index in [4.69, 9.17) is 5.73 Å². The Morgan fingerprint density at radius 2 is 1.48 bits per heavy atom. The minimum absolute atomic E-state index is 0. The van der Waals surface area contributed by atoms with Crippen LogP contribution in [0.2, 0.25) is 0 Å². The first-order valence-electron chi connectivity index (χ1n) is 7.73. The lowest BCUT2D eigenvalue weighted by atomic mass is 9.81. The molecular formula is C15H31Cl2N3O. The Labute approximate surface area is 141 Å². The molecule has 4 nitrogen and oxygen atoms in total. The van der Waals surface area contributed by atoms with Crippen LogP contribution in [-0.2, 0) is 4.79 Å². The first-order valence-corrected chi connectivity index (χ1v) is 7.73. The summed E-state index contributed by atoms with van der Waals surface area (Å²) < 4.78 is 0. The van der Waals surface area contributed by atoms with Crippen LogP contribution in [0.15, 0.2) is 0 Å². The van der Waals surface area contributed by atoms with Crippen LogP contribution in [-0.4, -0.2) is 42.5 Å². The monoisotopic (exact) mass is 339 g/mol. The topological polar surface area (TPSA) is 58.4 Å². The highest BCUT2D eigenvalue weighted by molar-refractivity contribution is 5.86. The third-order valence-corrected chi connectivity index (χ3v) is 5.26. The number of likely N-dealkylation sites (N-methyl/N-ethyl adjacent to an activating group) is 1. The normalized spacial score (nSPS) is 23.0. The molecule has 21 heavy (non-hydrogen) atoms. The Kier molecular flexibility index (Phi) is 8.55. The molecule has 0 spiro atoms. The van der Waals surface area contributed by atoms with E-state index in [0.717, 1.165) is 32.2 Å². The number of halogens is 2. The summed E-state index contributed by atoms with van der Waals surface area (Å²) in [5.74, 6) is 0.0697. The fraction of sp³-hybridized carbons (Fsp3) is 0.933. The van der Waals surface area contributed by atoms with Crippen molar-refractivity contribution in [3.8, 4) is 0 Å². The molecule has 0 atom stereocenters. The van der Waals surface area contributed by atoms with Crippen molar-refractivity contribution in [2.75, 3.05) is 20.6 Å². The summed E-state index contributed by atoms with van der Waals surface area (Å²) >= 11 is 0. The molecule has 3 N–H and O–H groups in total. The predicted octanol–water partition coefficient (Wildman–Crippen LogP) is 2.48. The van der Waals surface area contributed by atoms with Gasteiger partial charge in [-0.1, -0.05) is 32.1 Å². The van der Waals surface area contributed by atoms with E-state index in [1.165, 1.54) is 32.1 Å². The van der Waals surface area contributed by atoms with Gasteiger partial charge in [0.1, 0.15) is 0 Å². The van der Waals surface area contributed by atoms with Gasteiger partial charge in [-0.05, 0) is 39.8 Å². The average Bonchev–Trinajstić information content (AvgIpc) is 2.87. The zero-order valence-corrected chi connectivity index (χ0v) is 15.0. The van der Waals surface area contributed by atoms with E-state index in [0.29, 0.717) is 0 Å². The second kappa shape index (κ2) is 8.56. The highest BCUT2D eigenvalue weighted by Gasteiger charge is 2.39. The fourth-order valence-corrected chi connectivity index (χ4v) is 3.65. The van der Waals surface area contributed by atoms with E-state index >= 15 is 0 Å². The molecule has 0 unspecified atom stereocenters. The molecule has 2 aliphatic carbocycles. The molecule has 0 bridgehead atoms. The number of hydrogen-bond donors (Lipinski definition) is 2. The van der Waals surface area contributed by atoms with Crippen LogP contribution in [0.3, 0.4) is 0 Å². The number of carbonyl (C=O) groups is 1. The lowest BCUT2D eigenvalue weighted by Gasteiger charge is -2.38. The summed E-state index contributed by atoms with van der Waals surface area (Å²) in [7, 11) is 4.24. The number of nitrogens with zero attached hydrogens (tertiary/aromatic N) is 1. The summed E-state index contributed by atoms with van der Waals surface area (Å²) in [6, 6.07) is 0. The predicted molar refractivity (Wildman–Crippen MR) is 92.4 cm³/mol. The fourth-order valence-electron chi connectivity index (χ4n) is 3.65. The van der Waals surface area contributed by atoms with E-state index in [-0.39, 0.29) is 36.3 Å². The van der Waals surface area contributed by atoms with Gasteiger partial charge >= 0.3 is 0 Å². The molecule has 0 aliphatic heterocycles. The van der Waals surface area contributed by atoms with Gasteiger partial charge in [-0.25, -0.2) is 0 Å². The molecule has 126 valence electrons. The van der Waals surface area contributed by atoms with Gasteiger partial charge in [0, 0.05) is 12.1 Å². The molecule has 6 heteroatoms. The van der Waals surface area contributed by atoms with Crippen molar-refractivity contribution in [1.29, 1.82) is 0 Å². The number of hydrogen-bond acceptors (Lipinski definition) is 3. The van der Waals surface area contributed by atoms with Crippen molar-refractivity contribution < 1.29 is 4.79 Å². The SMILES string of the molecule is CN(C)C1(CNC(=O)C2(N)CCCCC2)CCCC1.Cl.Cl. The molecule has 0 aromatic carbocycles. The van der Waals surface area contributed by atoms with Crippen molar-refractivity contribution in [3.63, 3.8) is 0 Å². The Morgan fingerprint density at radius 1 is 1.00 bits per heavy atom. The Morgan fingerprint density at radius 3 is 1.95 bits per heavy atom. The smallest absolute Gasteiger partial charge is 0.240 e. The van der Waals surface area contributed by atoms with E-state index < -0.39 is 5.54 Å². The van der Waals surface area contributed by atoms with Crippen LogP contribution >= 0.6 is 24.8 Å². The van der Waals surface area contributed by atoms with Gasteiger partial charge in [-0.3, -0.25) is 4.79 Å². The molecule has 2 rings (SSSR count). The zero-order valence-electron chi connectivity index (χ0n) is 13.3. The van der Waals surface area contributed by atoms with Crippen LogP contribution in [0.5, 0.6) is 0 Å². The summed E-state index contributed by atoms with van der Waals surface area (Å²) in [6.07, 6.45) is 9.96. The second-order valence-electron chi connectivity index (χ2n) is 6.73. The minimum Gasteiger partial charge on any atom is -0.353 e. The molecule has 0 heterocycles. The maximum Gasteiger partial charge on any atom is 0.240 e. The number of nitrogens with one attached hydrogen (secondary N) is 1. The minimum atomic E-state index is -0.607. The van der Waals surface area contributed by atoms with Gasteiger partial charge in [-0.2, -0.15) is 0 Å². The van der Waals surface area contributed by atoms with Crippen molar-refractivity contribution >= 4 is 30.7 Å². The highest BCUT2D eigenvalue weighted by Crippen LogP contribution is 2.33. The van der Waals surface area contributed by atoms with Crippen molar-refractivity contribution in [1.82, 2.24) is 10.2 Å². The summed E-state index contributed by atoms with van der Waals surface area (Å²) in [5, 5.41) is 3.15. The number of nitrogens with two attached hydrogens (primary N) is 1. The number of amides is 1. The maximum atomic E-state index is 12.4. The average molecular weight is 340 g/mol. The summed E-state index contributed by atoms with van der Waals surface area (Å²) in [5.41, 5.74) is 5.83. The maximum absolute atomic E-state index is 12.4. The van der Waals surface area contributed by atoms with Gasteiger partial charge in [-0.15, -0.1) is 24.8 Å². The Hall–Kier alpha value is -0.0300. The highest BCUT2D eigenvalue weighted by atomic mass is 35.5. The van der Waals surface area contributed by atoms with Gasteiger partial charge in [0.15, 0.2) is 0 Å². The zero-order chi connectivity index (χ0) is 13.9. The number of carbonyl (C=O) groups excluding carboxylic acids is 1. The third kappa shape index (κ3) is 4.72. The largest absolute Gasteiger partial charge is 0.353 e.